The predicted octanol–water partition coefficient (Wildman–Crippen LogP) is 3.19. The number of fused-ring (bicyclic) bond motifs is 1. The number of hydrogen-bond donors (Lipinski definition) is 0. The lowest BCUT2D eigenvalue weighted by atomic mass is 9.94. The zero-order chi connectivity index (χ0) is 24.2. The molecule has 0 radical (unpaired) electrons. The summed E-state index contributed by atoms with van der Waals surface area (Å²) in [5, 5.41) is 0. The minimum atomic E-state index is -0.795. The summed E-state index contributed by atoms with van der Waals surface area (Å²) in [5.74, 6) is 1.02. The molecule has 9 heteroatoms. The van der Waals surface area contributed by atoms with Crippen molar-refractivity contribution >= 4 is 23.4 Å². The lowest BCUT2D eigenvalue weighted by molar-refractivity contribution is -0.139. The maximum Gasteiger partial charge on any atom is 0.338 e. The third-order valence-electron chi connectivity index (χ3n) is 5.31. The number of benzene rings is 1. The van der Waals surface area contributed by atoms with E-state index in [0.717, 1.165) is 6.42 Å². The normalized spacial score (nSPS) is 15.6. The molecule has 0 unspecified atom stereocenters. The van der Waals surface area contributed by atoms with Gasteiger partial charge in [-0.15, -0.1) is 0 Å². The molecule has 0 spiro atoms. The van der Waals surface area contributed by atoms with Gasteiger partial charge in [-0.3, -0.25) is 9.36 Å². The molecule has 1 atom stereocenters. The smallest absolute Gasteiger partial charge is 0.338 e. The van der Waals surface area contributed by atoms with Crippen molar-refractivity contribution in [2.75, 3.05) is 20.3 Å². The SMILES string of the molecule is CCCOc1c(OC)cccc1[C@@H]1C(C(=O)OCC)=C(C)N=c2s/c(=C/c3ccco3)c(=O)n21. The van der Waals surface area contributed by atoms with Crippen LogP contribution >= 0.6 is 11.3 Å². The zero-order valence-electron chi connectivity index (χ0n) is 19.5. The van der Waals surface area contributed by atoms with Crippen molar-refractivity contribution in [3.8, 4) is 11.5 Å². The van der Waals surface area contributed by atoms with Gasteiger partial charge in [0.2, 0.25) is 0 Å². The van der Waals surface area contributed by atoms with Gasteiger partial charge in [0.25, 0.3) is 5.56 Å². The number of aromatic nitrogens is 1. The number of ether oxygens (including phenoxy) is 3. The number of methoxy groups -OCH3 is 1. The molecule has 2 aromatic heterocycles. The van der Waals surface area contributed by atoms with Crippen LogP contribution in [0.2, 0.25) is 0 Å². The second-order valence-electron chi connectivity index (χ2n) is 7.54. The van der Waals surface area contributed by atoms with E-state index in [1.54, 1.807) is 51.5 Å². The Labute approximate surface area is 200 Å². The van der Waals surface area contributed by atoms with Crippen LogP contribution in [0.5, 0.6) is 11.5 Å². The van der Waals surface area contributed by atoms with Crippen molar-refractivity contribution < 1.29 is 23.4 Å². The van der Waals surface area contributed by atoms with E-state index in [9.17, 15) is 9.59 Å². The van der Waals surface area contributed by atoms with Crippen LogP contribution in [0.15, 0.2) is 62.1 Å². The molecule has 0 amide bonds. The van der Waals surface area contributed by atoms with Crippen LogP contribution in [0.25, 0.3) is 6.08 Å². The molecule has 0 bridgehead atoms. The topological polar surface area (TPSA) is 92.3 Å². The van der Waals surface area contributed by atoms with Crippen LogP contribution in [0, 0.1) is 0 Å². The molecule has 1 aliphatic rings. The van der Waals surface area contributed by atoms with Crippen LogP contribution in [0.3, 0.4) is 0 Å². The summed E-state index contributed by atoms with van der Waals surface area (Å²) in [7, 11) is 1.56. The van der Waals surface area contributed by atoms with Crippen LogP contribution in [-0.2, 0) is 9.53 Å². The minimum Gasteiger partial charge on any atom is -0.493 e. The third kappa shape index (κ3) is 4.31. The number of hydrogen-bond acceptors (Lipinski definition) is 8. The highest BCUT2D eigenvalue weighted by molar-refractivity contribution is 7.07. The maximum absolute atomic E-state index is 13.6. The number of furan rings is 1. The Kier molecular flexibility index (Phi) is 7.02. The number of thiazole rings is 1. The van der Waals surface area contributed by atoms with Gasteiger partial charge in [-0.1, -0.05) is 30.4 Å². The monoisotopic (exact) mass is 482 g/mol. The predicted molar refractivity (Wildman–Crippen MR) is 128 cm³/mol. The second kappa shape index (κ2) is 10.1. The van der Waals surface area contributed by atoms with Gasteiger partial charge in [0.15, 0.2) is 16.3 Å². The molecule has 1 aliphatic heterocycles. The van der Waals surface area contributed by atoms with Crippen molar-refractivity contribution in [1.82, 2.24) is 4.57 Å². The van der Waals surface area contributed by atoms with E-state index in [-0.39, 0.29) is 17.7 Å². The first kappa shape index (κ1) is 23.6. The number of para-hydroxylation sites is 1. The fraction of sp³-hybridized carbons (Fsp3) is 0.320. The maximum atomic E-state index is 13.6. The standard InChI is InChI=1S/C25H26N2O6S/c1-5-12-33-22-17(10-7-11-18(22)30-4)21-20(24(29)31-6-2)15(3)26-25-27(21)23(28)19(34-25)14-16-9-8-13-32-16/h7-11,13-14,21H,5-6,12H2,1-4H3/b19-14+/t21-/m1/s1. The molecule has 3 heterocycles. The molecule has 8 nitrogen and oxygen atoms in total. The lowest BCUT2D eigenvalue weighted by Crippen LogP contribution is -2.40. The number of allylic oxidation sites excluding steroid dienone is 1. The highest BCUT2D eigenvalue weighted by Gasteiger charge is 2.36. The highest BCUT2D eigenvalue weighted by atomic mass is 32.1. The summed E-state index contributed by atoms with van der Waals surface area (Å²) in [6.07, 6.45) is 4.00. The fourth-order valence-corrected chi connectivity index (χ4v) is 4.88. The van der Waals surface area contributed by atoms with Gasteiger partial charge in [0.05, 0.1) is 42.4 Å². The minimum absolute atomic E-state index is 0.197. The molecule has 1 aromatic carbocycles. The summed E-state index contributed by atoms with van der Waals surface area (Å²) in [6.45, 7) is 6.13. The summed E-state index contributed by atoms with van der Waals surface area (Å²) < 4.78 is 24.3. The van der Waals surface area contributed by atoms with Gasteiger partial charge in [0, 0.05) is 11.6 Å². The Hall–Kier alpha value is -3.59. The number of esters is 1. The molecule has 0 N–H and O–H groups in total. The van der Waals surface area contributed by atoms with Crippen molar-refractivity contribution in [1.29, 1.82) is 0 Å². The van der Waals surface area contributed by atoms with Gasteiger partial charge in [-0.05, 0) is 38.5 Å². The van der Waals surface area contributed by atoms with Crippen LogP contribution in [0.1, 0.15) is 44.6 Å². The molecule has 0 aliphatic carbocycles. The van der Waals surface area contributed by atoms with E-state index in [1.165, 1.54) is 15.9 Å². The molecular weight excluding hydrogens is 456 g/mol. The molecule has 0 saturated heterocycles. The largest absolute Gasteiger partial charge is 0.493 e. The van der Waals surface area contributed by atoms with Crippen molar-refractivity contribution in [3.05, 3.63) is 78.9 Å². The second-order valence-corrected chi connectivity index (χ2v) is 8.55. The first-order chi connectivity index (χ1) is 16.5. The molecule has 0 saturated carbocycles. The van der Waals surface area contributed by atoms with Gasteiger partial charge in [-0.2, -0.15) is 0 Å². The first-order valence-electron chi connectivity index (χ1n) is 11.0. The van der Waals surface area contributed by atoms with Gasteiger partial charge in [0.1, 0.15) is 11.8 Å². The molecule has 3 aromatic rings. The Morgan fingerprint density at radius 2 is 2.09 bits per heavy atom. The van der Waals surface area contributed by atoms with E-state index in [4.69, 9.17) is 18.6 Å². The Balaban J connectivity index is 2.01. The van der Waals surface area contributed by atoms with E-state index >= 15 is 0 Å². The van der Waals surface area contributed by atoms with E-state index < -0.39 is 12.0 Å². The van der Waals surface area contributed by atoms with Crippen LogP contribution in [-0.4, -0.2) is 30.9 Å². The average molecular weight is 483 g/mol. The van der Waals surface area contributed by atoms with Crippen LogP contribution in [0.4, 0.5) is 0 Å². The van der Waals surface area contributed by atoms with Crippen molar-refractivity contribution in [3.63, 3.8) is 0 Å². The van der Waals surface area contributed by atoms with E-state index in [1.807, 2.05) is 19.1 Å². The zero-order valence-corrected chi connectivity index (χ0v) is 20.3. The molecular formula is C25H26N2O6S. The van der Waals surface area contributed by atoms with Gasteiger partial charge < -0.3 is 18.6 Å². The number of rotatable bonds is 8. The fourth-order valence-electron chi connectivity index (χ4n) is 3.86. The van der Waals surface area contributed by atoms with Crippen molar-refractivity contribution in [2.45, 2.75) is 33.2 Å². The van der Waals surface area contributed by atoms with Gasteiger partial charge in [-0.25, -0.2) is 9.79 Å². The van der Waals surface area contributed by atoms with E-state index in [0.29, 0.717) is 44.5 Å². The van der Waals surface area contributed by atoms with E-state index in [2.05, 4.69) is 4.99 Å². The van der Waals surface area contributed by atoms with Crippen molar-refractivity contribution in [2.24, 2.45) is 4.99 Å². The number of carbonyl (C=O) groups is 1. The average Bonchev–Trinajstić information content (AvgIpc) is 3.44. The summed E-state index contributed by atoms with van der Waals surface area (Å²) >= 11 is 1.23. The quantitative estimate of drug-likeness (QED) is 0.458. The molecule has 0 fully saturated rings. The summed E-state index contributed by atoms with van der Waals surface area (Å²) in [4.78, 5) is 31.8. The molecule has 4 rings (SSSR count). The number of carbonyl (C=O) groups excluding carboxylic acids is 1. The Morgan fingerprint density at radius 1 is 1.26 bits per heavy atom. The Morgan fingerprint density at radius 3 is 2.76 bits per heavy atom. The molecule has 178 valence electrons. The lowest BCUT2D eigenvalue weighted by Gasteiger charge is -2.27. The first-order valence-corrected chi connectivity index (χ1v) is 11.8. The van der Waals surface area contributed by atoms with Crippen LogP contribution < -0.4 is 24.4 Å². The third-order valence-corrected chi connectivity index (χ3v) is 6.29. The highest BCUT2D eigenvalue weighted by Crippen LogP contribution is 2.40. The van der Waals surface area contributed by atoms with Gasteiger partial charge >= 0.3 is 5.97 Å². The Bertz CT molecular complexity index is 1400. The summed E-state index contributed by atoms with van der Waals surface area (Å²) in [5.41, 5.74) is 1.10. The number of nitrogens with zero attached hydrogens (tertiary/aromatic N) is 2. The molecule has 34 heavy (non-hydrogen) atoms. The summed E-state index contributed by atoms with van der Waals surface area (Å²) in [6, 6.07) is 8.15.